The van der Waals surface area contributed by atoms with E-state index >= 15 is 0 Å². The van der Waals surface area contributed by atoms with E-state index in [4.69, 9.17) is 14.2 Å². The van der Waals surface area contributed by atoms with E-state index in [1.807, 2.05) is 13.8 Å². The molecule has 2 saturated carbocycles. The molecule has 8 nitrogen and oxygen atoms in total. The van der Waals surface area contributed by atoms with Crippen LogP contribution in [0.3, 0.4) is 0 Å². The molecule has 0 radical (unpaired) electrons. The van der Waals surface area contributed by atoms with E-state index < -0.39 is 12.1 Å². The van der Waals surface area contributed by atoms with Crippen molar-refractivity contribution < 1.29 is 28.6 Å². The molecule has 0 heterocycles. The predicted octanol–water partition coefficient (Wildman–Crippen LogP) is 4.08. The number of ether oxygens (including phenoxy) is 3. The van der Waals surface area contributed by atoms with Crippen LogP contribution >= 0.6 is 0 Å². The molecule has 2 fully saturated rings. The largest absolute Gasteiger partial charge is 0.459 e. The zero-order chi connectivity index (χ0) is 22.6. The monoisotopic (exact) mass is 438 g/mol. The Labute approximate surface area is 185 Å². The number of hydrogen-bond acceptors (Lipinski definition) is 6. The Morgan fingerprint density at radius 3 is 1.81 bits per heavy atom. The molecule has 0 atom stereocenters. The SMILES string of the molecule is C=CC(=O)OCCOC(=O)NC1CCC(CC2CCC(NC(=O)OC(C)C)CC2)CC1. The lowest BCUT2D eigenvalue weighted by Crippen LogP contribution is -2.40. The van der Waals surface area contributed by atoms with Crippen molar-refractivity contribution in [3.63, 3.8) is 0 Å². The highest BCUT2D eigenvalue weighted by Crippen LogP contribution is 2.35. The molecule has 31 heavy (non-hydrogen) atoms. The molecule has 0 unspecified atom stereocenters. The van der Waals surface area contributed by atoms with Gasteiger partial charge in [-0.15, -0.1) is 0 Å². The van der Waals surface area contributed by atoms with E-state index in [1.165, 1.54) is 6.42 Å². The number of rotatable bonds is 9. The molecule has 176 valence electrons. The van der Waals surface area contributed by atoms with Crippen molar-refractivity contribution in [3.8, 4) is 0 Å². The Bertz CT molecular complexity index is 593. The minimum Gasteiger partial charge on any atom is -0.459 e. The quantitative estimate of drug-likeness (QED) is 0.243. The van der Waals surface area contributed by atoms with Crippen molar-refractivity contribution in [3.05, 3.63) is 12.7 Å². The standard InChI is InChI=1S/C23H38N2O6/c1-4-21(26)29-13-14-30-22(27)24-19-9-5-17(6-10-19)15-18-7-11-20(12-8-18)25-23(28)31-16(2)3/h4,16-20H,1,5-15H2,2-3H3,(H,24,27)(H,25,28). The van der Waals surface area contributed by atoms with Crippen LogP contribution in [0.15, 0.2) is 12.7 Å². The summed E-state index contributed by atoms with van der Waals surface area (Å²) in [6.45, 7) is 7.08. The Balaban J connectivity index is 1.55. The van der Waals surface area contributed by atoms with Crippen molar-refractivity contribution in [1.82, 2.24) is 10.6 Å². The van der Waals surface area contributed by atoms with Crippen molar-refractivity contribution >= 4 is 18.2 Å². The molecule has 0 aromatic heterocycles. The topological polar surface area (TPSA) is 103 Å². The fourth-order valence-electron chi connectivity index (χ4n) is 4.52. The van der Waals surface area contributed by atoms with Crippen LogP contribution in [0.1, 0.15) is 71.6 Å². The summed E-state index contributed by atoms with van der Waals surface area (Å²) in [7, 11) is 0. The summed E-state index contributed by atoms with van der Waals surface area (Å²) in [5.41, 5.74) is 0. The summed E-state index contributed by atoms with van der Waals surface area (Å²) in [4.78, 5) is 34.5. The van der Waals surface area contributed by atoms with Gasteiger partial charge in [0.15, 0.2) is 0 Å². The minimum absolute atomic E-state index is 0.0295. The molecular weight excluding hydrogens is 400 g/mol. The van der Waals surface area contributed by atoms with E-state index in [9.17, 15) is 14.4 Å². The number of nitrogens with one attached hydrogen (secondary N) is 2. The van der Waals surface area contributed by atoms with Crippen LogP contribution in [-0.2, 0) is 19.0 Å². The van der Waals surface area contributed by atoms with Crippen molar-refractivity contribution in [2.24, 2.45) is 11.8 Å². The summed E-state index contributed by atoms with van der Waals surface area (Å²) in [5.74, 6) is 0.894. The zero-order valence-corrected chi connectivity index (χ0v) is 18.9. The van der Waals surface area contributed by atoms with Gasteiger partial charge in [-0.05, 0) is 83.5 Å². The highest BCUT2D eigenvalue weighted by Gasteiger charge is 2.28. The molecular formula is C23H38N2O6. The molecule has 2 aliphatic carbocycles. The molecule has 8 heteroatoms. The maximum atomic E-state index is 11.9. The molecule has 0 saturated heterocycles. The van der Waals surface area contributed by atoms with Crippen LogP contribution in [0.5, 0.6) is 0 Å². The van der Waals surface area contributed by atoms with Crippen LogP contribution < -0.4 is 10.6 Å². The Hall–Kier alpha value is -2.25. The van der Waals surface area contributed by atoms with Gasteiger partial charge < -0.3 is 24.8 Å². The second kappa shape index (κ2) is 13.2. The normalized spacial score (nSPS) is 25.9. The van der Waals surface area contributed by atoms with Gasteiger partial charge in [-0.3, -0.25) is 0 Å². The average molecular weight is 439 g/mol. The first-order valence-electron chi connectivity index (χ1n) is 11.5. The van der Waals surface area contributed by atoms with E-state index in [1.54, 1.807) is 0 Å². The van der Waals surface area contributed by atoms with Crippen molar-refractivity contribution in [2.45, 2.75) is 89.8 Å². The zero-order valence-electron chi connectivity index (χ0n) is 18.9. The van der Waals surface area contributed by atoms with Gasteiger partial charge in [0.05, 0.1) is 6.10 Å². The third kappa shape index (κ3) is 10.1. The second-order valence-electron chi connectivity index (χ2n) is 8.92. The summed E-state index contributed by atoms with van der Waals surface area (Å²) in [6.07, 6.45) is 9.92. The molecule has 0 bridgehead atoms. The Morgan fingerprint density at radius 2 is 1.32 bits per heavy atom. The van der Waals surface area contributed by atoms with Gasteiger partial charge >= 0.3 is 18.2 Å². The maximum absolute atomic E-state index is 11.9. The van der Waals surface area contributed by atoms with Gasteiger partial charge in [-0.1, -0.05) is 6.58 Å². The Morgan fingerprint density at radius 1 is 0.839 bits per heavy atom. The number of carbonyl (C=O) groups is 3. The highest BCUT2D eigenvalue weighted by molar-refractivity contribution is 5.81. The van der Waals surface area contributed by atoms with Gasteiger partial charge in [-0.2, -0.15) is 0 Å². The van der Waals surface area contributed by atoms with E-state index in [-0.39, 0.29) is 37.5 Å². The first-order chi connectivity index (χ1) is 14.9. The predicted molar refractivity (Wildman–Crippen MR) is 117 cm³/mol. The lowest BCUT2D eigenvalue weighted by molar-refractivity contribution is -0.138. The van der Waals surface area contributed by atoms with Gasteiger partial charge in [0.25, 0.3) is 0 Å². The summed E-state index contributed by atoms with van der Waals surface area (Å²) >= 11 is 0. The number of esters is 1. The minimum atomic E-state index is -0.527. The van der Waals surface area contributed by atoms with Crippen LogP contribution in [0.2, 0.25) is 0 Å². The Kier molecular flexibility index (Phi) is 10.7. The summed E-state index contributed by atoms with van der Waals surface area (Å²) in [5, 5.41) is 5.89. The highest BCUT2D eigenvalue weighted by atomic mass is 16.6. The third-order valence-electron chi connectivity index (χ3n) is 6.07. The third-order valence-corrected chi connectivity index (χ3v) is 6.07. The van der Waals surface area contributed by atoms with E-state index in [0.29, 0.717) is 5.92 Å². The molecule has 2 aliphatic rings. The smallest absolute Gasteiger partial charge is 0.407 e. The average Bonchev–Trinajstić information content (AvgIpc) is 2.73. The molecule has 0 spiro atoms. The maximum Gasteiger partial charge on any atom is 0.407 e. The van der Waals surface area contributed by atoms with Gasteiger partial charge in [0, 0.05) is 18.2 Å². The number of hydrogen-bond donors (Lipinski definition) is 2. The molecule has 0 aromatic rings. The van der Waals surface area contributed by atoms with Crippen LogP contribution in [0.4, 0.5) is 9.59 Å². The van der Waals surface area contributed by atoms with Crippen LogP contribution in [0.25, 0.3) is 0 Å². The van der Waals surface area contributed by atoms with Crippen molar-refractivity contribution in [1.29, 1.82) is 0 Å². The van der Waals surface area contributed by atoms with Crippen molar-refractivity contribution in [2.75, 3.05) is 13.2 Å². The first kappa shape index (κ1) is 25.0. The van der Waals surface area contributed by atoms with Crippen LogP contribution in [-0.4, -0.2) is 49.6 Å². The molecule has 2 N–H and O–H groups in total. The van der Waals surface area contributed by atoms with Gasteiger partial charge in [0.2, 0.25) is 0 Å². The molecule has 0 aliphatic heterocycles. The van der Waals surface area contributed by atoms with E-state index in [2.05, 4.69) is 17.2 Å². The van der Waals surface area contributed by atoms with E-state index in [0.717, 1.165) is 63.4 Å². The number of alkyl carbamates (subject to hydrolysis) is 2. The summed E-state index contributed by atoms with van der Waals surface area (Å²) in [6, 6.07) is 0.375. The second-order valence-corrected chi connectivity index (χ2v) is 8.92. The first-order valence-corrected chi connectivity index (χ1v) is 11.5. The molecule has 2 amide bonds. The summed E-state index contributed by atoms with van der Waals surface area (Å²) < 4.78 is 15.0. The fraction of sp³-hybridized carbons (Fsp3) is 0.783. The van der Waals surface area contributed by atoms with Crippen LogP contribution in [0, 0.1) is 11.8 Å². The fourth-order valence-corrected chi connectivity index (χ4v) is 4.52. The van der Waals surface area contributed by atoms with Gasteiger partial charge in [-0.25, -0.2) is 14.4 Å². The lowest BCUT2D eigenvalue weighted by Gasteiger charge is -2.34. The number of carbonyl (C=O) groups excluding carboxylic acids is 3. The lowest BCUT2D eigenvalue weighted by atomic mass is 9.76. The molecule has 0 aromatic carbocycles. The molecule has 2 rings (SSSR count). The number of amides is 2. The van der Waals surface area contributed by atoms with Gasteiger partial charge in [0.1, 0.15) is 13.2 Å².